The molecule has 1 heterocycles. The van der Waals surface area contributed by atoms with Crippen molar-refractivity contribution in [1.29, 1.82) is 0 Å². The van der Waals surface area contributed by atoms with Crippen LogP contribution in [-0.2, 0) is 0 Å². The van der Waals surface area contributed by atoms with Crippen molar-refractivity contribution >= 4 is 49.8 Å². The molecule has 10 rings (SSSR count). The number of anilines is 3. The number of nitrogens with zero attached hydrogens (tertiary/aromatic N) is 1. The molecule has 9 aromatic carbocycles. The van der Waals surface area contributed by atoms with E-state index in [1.807, 2.05) is 12.1 Å². The lowest BCUT2D eigenvalue weighted by Gasteiger charge is -2.29. The van der Waals surface area contributed by atoms with Gasteiger partial charge in [0.25, 0.3) is 0 Å². The molecular weight excluding hydrogens is 655 g/mol. The summed E-state index contributed by atoms with van der Waals surface area (Å²) >= 11 is 0. The van der Waals surface area contributed by atoms with Crippen molar-refractivity contribution < 1.29 is 4.42 Å². The number of fused-ring (bicyclic) bond motifs is 4. The summed E-state index contributed by atoms with van der Waals surface area (Å²) in [6.07, 6.45) is 0. The molecule has 54 heavy (non-hydrogen) atoms. The van der Waals surface area contributed by atoms with E-state index in [0.29, 0.717) is 0 Å². The van der Waals surface area contributed by atoms with Crippen LogP contribution in [0.5, 0.6) is 0 Å². The van der Waals surface area contributed by atoms with Gasteiger partial charge >= 0.3 is 0 Å². The van der Waals surface area contributed by atoms with E-state index in [4.69, 9.17) is 4.42 Å². The van der Waals surface area contributed by atoms with Gasteiger partial charge in [-0.25, -0.2) is 0 Å². The maximum atomic E-state index is 6.44. The van der Waals surface area contributed by atoms with E-state index in [9.17, 15) is 0 Å². The smallest absolute Gasteiger partial charge is 0.143 e. The molecule has 0 unspecified atom stereocenters. The highest BCUT2D eigenvalue weighted by atomic mass is 16.3. The summed E-state index contributed by atoms with van der Waals surface area (Å²) in [5, 5.41) is 4.73. The lowest BCUT2D eigenvalue weighted by atomic mass is 9.94. The maximum absolute atomic E-state index is 6.44. The molecule has 0 aliphatic rings. The molecule has 0 radical (unpaired) electrons. The Morgan fingerprint density at radius 1 is 0.315 bits per heavy atom. The second kappa shape index (κ2) is 13.4. The molecule has 0 aliphatic heterocycles. The van der Waals surface area contributed by atoms with Gasteiger partial charge in [-0.1, -0.05) is 176 Å². The minimum absolute atomic E-state index is 0.904. The molecule has 10 aromatic rings. The fraction of sp³-hybridized carbons (Fsp3) is 0. The van der Waals surface area contributed by atoms with E-state index in [2.05, 4.69) is 205 Å². The average Bonchev–Trinajstić information content (AvgIpc) is 3.64. The fourth-order valence-electron chi connectivity index (χ4n) is 7.85. The van der Waals surface area contributed by atoms with Crippen LogP contribution >= 0.6 is 0 Å². The van der Waals surface area contributed by atoms with E-state index in [-0.39, 0.29) is 0 Å². The van der Waals surface area contributed by atoms with Crippen LogP contribution in [0.1, 0.15) is 0 Å². The van der Waals surface area contributed by atoms with E-state index >= 15 is 0 Å². The Morgan fingerprint density at radius 3 is 1.59 bits per heavy atom. The monoisotopic (exact) mass is 689 g/mol. The summed E-state index contributed by atoms with van der Waals surface area (Å²) in [5.74, 6) is 0. The number of para-hydroxylation sites is 2. The highest BCUT2D eigenvalue weighted by molar-refractivity contribution is 6.09. The van der Waals surface area contributed by atoms with Crippen LogP contribution in [0.4, 0.5) is 17.1 Å². The van der Waals surface area contributed by atoms with Gasteiger partial charge in [0.1, 0.15) is 11.2 Å². The van der Waals surface area contributed by atoms with Crippen LogP contribution in [-0.4, -0.2) is 0 Å². The largest absolute Gasteiger partial charge is 0.455 e. The summed E-state index contributed by atoms with van der Waals surface area (Å²) in [7, 11) is 0. The predicted octanol–water partition coefficient (Wildman–Crippen LogP) is 14.9. The van der Waals surface area contributed by atoms with Gasteiger partial charge < -0.3 is 9.32 Å². The molecule has 0 N–H and O–H groups in total. The van der Waals surface area contributed by atoms with E-state index < -0.39 is 0 Å². The summed E-state index contributed by atoms with van der Waals surface area (Å²) in [6.45, 7) is 0. The molecule has 0 bridgehead atoms. The maximum Gasteiger partial charge on any atom is 0.143 e. The van der Waals surface area contributed by atoms with Crippen LogP contribution in [0.2, 0.25) is 0 Å². The molecule has 0 saturated heterocycles. The molecular formula is C52H35NO. The first kappa shape index (κ1) is 31.6. The standard InChI is InChI=1S/C52H35NO/c1-3-13-36(14-4-1)37-25-30-42(31-26-37)53(43-32-27-40(28-33-43)47-22-12-23-49-48-20-9-10-24-51(48)54-52(47)49)50-35-41(29-34-46(50)39-15-5-2-6-16-39)45-21-11-18-38-17-7-8-19-44(38)45/h1-35H. The molecule has 254 valence electrons. The topological polar surface area (TPSA) is 16.4 Å². The molecule has 1 aromatic heterocycles. The molecule has 0 fully saturated rings. The lowest BCUT2D eigenvalue weighted by Crippen LogP contribution is -2.11. The Bertz CT molecular complexity index is 2900. The number of hydrogen-bond donors (Lipinski definition) is 0. The highest BCUT2D eigenvalue weighted by Crippen LogP contribution is 2.45. The molecule has 0 amide bonds. The Labute approximate surface area is 314 Å². The quantitative estimate of drug-likeness (QED) is 0.166. The minimum atomic E-state index is 0.904. The van der Waals surface area contributed by atoms with Crippen molar-refractivity contribution in [3.05, 3.63) is 212 Å². The number of benzene rings is 9. The molecule has 0 spiro atoms. The van der Waals surface area contributed by atoms with Crippen LogP contribution in [0, 0.1) is 0 Å². The first-order chi connectivity index (χ1) is 26.8. The van der Waals surface area contributed by atoms with Gasteiger partial charge in [-0.2, -0.15) is 0 Å². The zero-order valence-electron chi connectivity index (χ0n) is 29.6. The van der Waals surface area contributed by atoms with E-state index in [1.54, 1.807) is 0 Å². The molecule has 2 nitrogen and oxygen atoms in total. The van der Waals surface area contributed by atoms with Gasteiger partial charge in [-0.15, -0.1) is 0 Å². The number of rotatable bonds is 7. The summed E-state index contributed by atoms with van der Waals surface area (Å²) in [5.41, 5.74) is 14.3. The summed E-state index contributed by atoms with van der Waals surface area (Å²) < 4.78 is 6.44. The van der Waals surface area contributed by atoms with Crippen molar-refractivity contribution in [3.8, 4) is 44.5 Å². The Kier molecular flexibility index (Phi) is 7.85. The summed E-state index contributed by atoms with van der Waals surface area (Å²) in [4.78, 5) is 2.40. The third-order valence-corrected chi connectivity index (χ3v) is 10.5. The zero-order valence-corrected chi connectivity index (χ0v) is 29.6. The minimum Gasteiger partial charge on any atom is -0.455 e. The van der Waals surface area contributed by atoms with E-state index in [1.165, 1.54) is 33.0 Å². The first-order valence-electron chi connectivity index (χ1n) is 18.4. The third kappa shape index (κ3) is 5.62. The van der Waals surface area contributed by atoms with Crippen LogP contribution < -0.4 is 4.90 Å². The van der Waals surface area contributed by atoms with Gasteiger partial charge in [0.2, 0.25) is 0 Å². The fourth-order valence-corrected chi connectivity index (χ4v) is 7.85. The third-order valence-electron chi connectivity index (χ3n) is 10.5. The van der Waals surface area contributed by atoms with Crippen molar-refractivity contribution in [2.75, 3.05) is 4.90 Å². The second-order valence-electron chi connectivity index (χ2n) is 13.7. The first-order valence-corrected chi connectivity index (χ1v) is 18.4. The molecule has 0 saturated carbocycles. The van der Waals surface area contributed by atoms with Gasteiger partial charge in [0.15, 0.2) is 0 Å². The molecule has 0 atom stereocenters. The van der Waals surface area contributed by atoms with Crippen molar-refractivity contribution in [1.82, 2.24) is 0 Å². The lowest BCUT2D eigenvalue weighted by molar-refractivity contribution is 0.670. The molecule has 0 aliphatic carbocycles. The van der Waals surface area contributed by atoms with Crippen molar-refractivity contribution in [2.45, 2.75) is 0 Å². The zero-order chi connectivity index (χ0) is 35.8. The predicted molar refractivity (Wildman–Crippen MR) is 228 cm³/mol. The second-order valence-corrected chi connectivity index (χ2v) is 13.7. The van der Waals surface area contributed by atoms with Crippen LogP contribution in [0.25, 0.3) is 77.2 Å². The van der Waals surface area contributed by atoms with Gasteiger partial charge in [-0.05, 0) is 80.6 Å². The SMILES string of the molecule is c1ccc(-c2ccc(N(c3ccc(-c4cccc5c4oc4ccccc45)cc3)c3cc(-c4cccc5ccccc45)ccc3-c3ccccc3)cc2)cc1. The van der Waals surface area contributed by atoms with Crippen LogP contribution in [0.3, 0.4) is 0 Å². The average molecular weight is 690 g/mol. The summed E-state index contributed by atoms with van der Waals surface area (Å²) in [6, 6.07) is 75.9. The van der Waals surface area contributed by atoms with Crippen molar-refractivity contribution in [2.24, 2.45) is 0 Å². The molecule has 2 heteroatoms. The Hall–Kier alpha value is -7.16. The van der Waals surface area contributed by atoms with Gasteiger partial charge in [0.05, 0.1) is 5.69 Å². The van der Waals surface area contributed by atoms with E-state index in [0.717, 1.165) is 61.3 Å². The number of furan rings is 1. The number of hydrogen-bond acceptors (Lipinski definition) is 2. The highest BCUT2D eigenvalue weighted by Gasteiger charge is 2.20. The van der Waals surface area contributed by atoms with Crippen molar-refractivity contribution in [3.63, 3.8) is 0 Å². The van der Waals surface area contributed by atoms with Crippen LogP contribution in [0.15, 0.2) is 217 Å². The van der Waals surface area contributed by atoms with Gasteiger partial charge in [-0.3, -0.25) is 0 Å². The normalized spacial score (nSPS) is 11.3. The Balaban J connectivity index is 1.16. The van der Waals surface area contributed by atoms with Gasteiger partial charge in [0, 0.05) is 33.3 Å². The Morgan fingerprint density at radius 2 is 0.833 bits per heavy atom.